The van der Waals surface area contributed by atoms with Crippen LogP contribution in [-0.4, -0.2) is 35.8 Å². The summed E-state index contributed by atoms with van der Waals surface area (Å²) >= 11 is 0. The summed E-state index contributed by atoms with van der Waals surface area (Å²) in [4.78, 5) is 38.5. The number of rotatable bonds is 6. The van der Waals surface area contributed by atoms with Crippen molar-refractivity contribution in [2.24, 2.45) is 0 Å². The van der Waals surface area contributed by atoms with Crippen molar-refractivity contribution in [2.75, 3.05) is 18.5 Å². The standard InChI is InChI=1S/C20H20N2O4/c1-3-11-22-19(24)14-10-9-13(12-15(14)20(22)25)18(23)21-16-7-5-6-8-17(16)26-4-2/h5-10,12H,3-4,11H2,1-2H3,(H,21,23). The van der Waals surface area contributed by atoms with E-state index in [4.69, 9.17) is 4.74 Å². The van der Waals surface area contributed by atoms with Crippen LogP contribution in [0.3, 0.4) is 0 Å². The van der Waals surface area contributed by atoms with E-state index in [1.54, 1.807) is 24.3 Å². The van der Waals surface area contributed by atoms with Gasteiger partial charge in [-0.1, -0.05) is 19.1 Å². The molecule has 26 heavy (non-hydrogen) atoms. The highest BCUT2D eigenvalue weighted by Gasteiger charge is 2.35. The first-order valence-corrected chi connectivity index (χ1v) is 8.60. The van der Waals surface area contributed by atoms with Crippen molar-refractivity contribution in [3.8, 4) is 5.75 Å². The van der Waals surface area contributed by atoms with Gasteiger partial charge in [-0.2, -0.15) is 0 Å². The molecule has 1 aliphatic rings. The molecule has 6 nitrogen and oxygen atoms in total. The van der Waals surface area contributed by atoms with E-state index in [-0.39, 0.29) is 23.3 Å². The van der Waals surface area contributed by atoms with Crippen LogP contribution < -0.4 is 10.1 Å². The lowest BCUT2D eigenvalue weighted by Crippen LogP contribution is -2.30. The number of fused-ring (bicyclic) bond motifs is 1. The molecule has 0 bridgehead atoms. The Hall–Kier alpha value is -3.15. The van der Waals surface area contributed by atoms with Crippen LogP contribution in [-0.2, 0) is 0 Å². The molecule has 0 aromatic heterocycles. The van der Waals surface area contributed by atoms with Gasteiger partial charge < -0.3 is 10.1 Å². The third-order valence-electron chi connectivity index (χ3n) is 4.12. The van der Waals surface area contributed by atoms with E-state index < -0.39 is 0 Å². The number of carbonyl (C=O) groups excluding carboxylic acids is 3. The smallest absolute Gasteiger partial charge is 0.261 e. The van der Waals surface area contributed by atoms with Crippen LogP contribution in [0.4, 0.5) is 5.69 Å². The first kappa shape index (κ1) is 17.7. The second-order valence-corrected chi connectivity index (χ2v) is 5.91. The fourth-order valence-electron chi connectivity index (χ4n) is 2.90. The number of amides is 3. The molecule has 0 unspecified atom stereocenters. The van der Waals surface area contributed by atoms with Crippen LogP contribution in [0.25, 0.3) is 0 Å². The van der Waals surface area contributed by atoms with E-state index in [0.29, 0.717) is 42.1 Å². The summed E-state index contributed by atoms with van der Waals surface area (Å²) in [6, 6.07) is 11.7. The number of benzene rings is 2. The third-order valence-corrected chi connectivity index (χ3v) is 4.12. The molecule has 0 saturated heterocycles. The van der Waals surface area contributed by atoms with Crippen LogP contribution in [0.1, 0.15) is 51.3 Å². The fourth-order valence-corrected chi connectivity index (χ4v) is 2.90. The van der Waals surface area contributed by atoms with Gasteiger partial charge in [-0.05, 0) is 43.7 Å². The minimum absolute atomic E-state index is 0.272. The van der Waals surface area contributed by atoms with Crippen LogP contribution in [0.15, 0.2) is 42.5 Å². The summed E-state index contributed by atoms with van der Waals surface area (Å²) in [5, 5.41) is 2.79. The Bertz CT molecular complexity index is 876. The first-order chi connectivity index (χ1) is 12.6. The van der Waals surface area contributed by atoms with Crippen LogP contribution in [0.2, 0.25) is 0 Å². The highest BCUT2D eigenvalue weighted by Crippen LogP contribution is 2.27. The summed E-state index contributed by atoms with van der Waals surface area (Å²) in [6.07, 6.45) is 0.688. The number of anilines is 1. The Labute approximate surface area is 151 Å². The molecule has 0 spiro atoms. The van der Waals surface area contributed by atoms with Crippen LogP contribution in [0.5, 0.6) is 5.75 Å². The molecule has 1 heterocycles. The molecular formula is C20H20N2O4. The molecule has 134 valence electrons. The van der Waals surface area contributed by atoms with Crippen LogP contribution >= 0.6 is 0 Å². The molecule has 0 fully saturated rings. The Morgan fingerprint density at radius 1 is 1.04 bits per heavy atom. The predicted molar refractivity (Wildman–Crippen MR) is 97.7 cm³/mol. The summed E-state index contributed by atoms with van der Waals surface area (Å²) in [5.41, 5.74) is 1.48. The quantitative estimate of drug-likeness (QED) is 0.809. The van der Waals surface area contributed by atoms with Gasteiger partial charge in [0.2, 0.25) is 0 Å². The lowest BCUT2D eigenvalue weighted by atomic mass is 10.1. The third kappa shape index (κ3) is 3.18. The lowest BCUT2D eigenvalue weighted by molar-refractivity contribution is 0.0654. The highest BCUT2D eigenvalue weighted by molar-refractivity contribution is 6.22. The Balaban J connectivity index is 1.85. The molecule has 2 aromatic carbocycles. The highest BCUT2D eigenvalue weighted by atomic mass is 16.5. The molecule has 0 saturated carbocycles. The Morgan fingerprint density at radius 2 is 1.77 bits per heavy atom. The largest absolute Gasteiger partial charge is 0.492 e. The molecule has 2 aromatic rings. The van der Waals surface area contributed by atoms with Crippen molar-refractivity contribution in [1.82, 2.24) is 4.90 Å². The number of para-hydroxylation sites is 2. The molecule has 3 rings (SSSR count). The number of ether oxygens (including phenoxy) is 1. The summed E-state index contributed by atoms with van der Waals surface area (Å²) in [5.74, 6) is -0.448. The second kappa shape index (κ2) is 7.39. The van der Waals surface area contributed by atoms with Gasteiger partial charge in [0, 0.05) is 12.1 Å². The van der Waals surface area contributed by atoms with Crippen molar-refractivity contribution in [3.05, 3.63) is 59.2 Å². The van der Waals surface area contributed by atoms with E-state index >= 15 is 0 Å². The summed E-state index contributed by atoms with van der Waals surface area (Å²) in [7, 11) is 0. The van der Waals surface area contributed by atoms with Crippen molar-refractivity contribution in [1.29, 1.82) is 0 Å². The topological polar surface area (TPSA) is 75.7 Å². The number of nitrogens with one attached hydrogen (secondary N) is 1. The molecule has 6 heteroatoms. The summed E-state index contributed by atoms with van der Waals surface area (Å²) < 4.78 is 5.50. The van der Waals surface area contributed by atoms with E-state index in [2.05, 4.69) is 5.32 Å². The van der Waals surface area contributed by atoms with Gasteiger partial charge in [-0.25, -0.2) is 0 Å². The zero-order valence-corrected chi connectivity index (χ0v) is 14.7. The van der Waals surface area contributed by atoms with Crippen molar-refractivity contribution >= 4 is 23.4 Å². The minimum atomic E-state index is -0.367. The second-order valence-electron chi connectivity index (χ2n) is 5.91. The summed E-state index contributed by atoms with van der Waals surface area (Å²) in [6.45, 7) is 4.62. The Kier molecular flexibility index (Phi) is 5.02. The van der Waals surface area contributed by atoms with Gasteiger partial charge in [-0.3, -0.25) is 19.3 Å². The van der Waals surface area contributed by atoms with Gasteiger partial charge in [0.1, 0.15) is 5.75 Å². The Morgan fingerprint density at radius 3 is 2.50 bits per heavy atom. The van der Waals surface area contributed by atoms with Gasteiger partial charge in [0.15, 0.2) is 0 Å². The van der Waals surface area contributed by atoms with Crippen molar-refractivity contribution in [3.63, 3.8) is 0 Å². The van der Waals surface area contributed by atoms with Gasteiger partial charge in [0.05, 0.1) is 23.4 Å². The lowest BCUT2D eigenvalue weighted by Gasteiger charge is -2.11. The van der Waals surface area contributed by atoms with E-state index in [1.807, 2.05) is 19.9 Å². The number of hydrogen-bond acceptors (Lipinski definition) is 4. The number of carbonyl (C=O) groups is 3. The average molecular weight is 352 g/mol. The van der Waals surface area contributed by atoms with E-state index in [1.165, 1.54) is 17.0 Å². The maximum Gasteiger partial charge on any atom is 0.261 e. The maximum absolute atomic E-state index is 12.6. The monoisotopic (exact) mass is 352 g/mol. The normalized spacial score (nSPS) is 12.9. The van der Waals surface area contributed by atoms with Gasteiger partial charge in [-0.15, -0.1) is 0 Å². The molecule has 0 radical (unpaired) electrons. The number of imide groups is 1. The number of nitrogens with zero attached hydrogens (tertiary/aromatic N) is 1. The zero-order chi connectivity index (χ0) is 18.7. The number of hydrogen-bond donors (Lipinski definition) is 1. The maximum atomic E-state index is 12.6. The fraction of sp³-hybridized carbons (Fsp3) is 0.250. The predicted octanol–water partition coefficient (Wildman–Crippen LogP) is 3.34. The van der Waals surface area contributed by atoms with Gasteiger partial charge >= 0.3 is 0 Å². The molecule has 1 aliphatic heterocycles. The zero-order valence-electron chi connectivity index (χ0n) is 14.7. The SMILES string of the molecule is CCCN1C(=O)c2ccc(C(=O)Nc3ccccc3OCC)cc2C1=O. The molecule has 0 atom stereocenters. The van der Waals surface area contributed by atoms with E-state index in [9.17, 15) is 14.4 Å². The molecule has 0 aliphatic carbocycles. The molecule has 3 amide bonds. The minimum Gasteiger partial charge on any atom is -0.492 e. The molecule has 1 N–H and O–H groups in total. The van der Waals surface area contributed by atoms with Gasteiger partial charge in [0.25, 0.3) is 17.7 Å². The average Bonchev–Trinajstić information content (AvgIpc) is 2.88. The molecular weight excluding hydrogens is 332 g/mol. The van der Waals surface area contributed by atoms with Crippen molar-refractivity contribution in [2.45, 2.75) is 20.3 Å². The van der Waals surface area contributed by atoms with E-state index in [0.717, 1.165) is 0 Å². The van der Waals surface area contributed by atoms with Crippen molar-refractivity contribution < 1.29 is 19.1 Å². The van der Waals surface area contributed by atoms with Crippen LogP contribution in [0, 0.1) is 0 Å². The first-order valence-electron chi connectivity index (χ1n) is 8.60.